The molecule has 0 heterocycles. The summed E-state index contributed by atoms with van der Waals surface area (Å²) >= 11 is 0. The van der Waals surface area contributed by atoms with Crippen LogP contribution in [0, 0.1) is 22.7 Å². The Hall–Kier alpha value is -0.810. The van der Waals surface area contributed by atoms with E-state index < -0.39 is 5.60 Å². The van der Waals surface area contributed by atoms with Crippen LogP contribution in [0.3, 0.4) is 0 Å². The fourth-order valence-corrected chi connectivity index (χ4v) is 3.56. The molecular weight excluding hydrogens is 186 g/mol. The van der Waals surface area contributed by atoms with Crippen LogP contribution < -0.4 is 0 Å². The maximum atomic E-state index is 10.4. The number of nitrogens with zero attached hydrogens (tertiary/aromatic N) is 1. The number of nitriles is 1. The minimum Gasteiger partial charge on any atom is -0.390 e. The fourth-order valence-electron chi connectivity index (χ4n) is 3.56. The Morgan fingerprint density at radius 2 is 2.27 bits per heavy atom. The fraction of sp³-hybridized carbons (Fsp3) is 0.769. The molecule has 2 saturated carbocycles. The number of allylic oxidation sites excluding steroid dienone is 1. The molecule has 1 unspecified atom stereocenters. The lowest BCUT2D eigenvalue weighted by molar-refractivity contribution is -0.0914. The van der Waals surface area contributed by atoms with Gasteiger partial charge in [0.25, 0.3) is 0 Å². The van der Waals surface area contributed by atoms with E-state index in [1.165, 1.54) is 5.57 Å². The summed E-state index contributed by atoms with van der Waals surface area (Å²) < 4.78 is 0. The molecule has 0 amide bonds. The van der Waals surface area contributed by atoms with Crippen molar-refractivity contribution in [2.45, 2.75) is 51.0 Å². The Morgan fingerprint density at radius 3 is 2.93 bits per heavy atom. The first kappa shape index (κ1) is 10.7. The molecule has 0 aliphatic heterocycles. The van der Waals surface area contributed by atoms with Gasteiger partial charge in [-0.15, -0.1) is 0 Å². The average molecular weight is 205 g/mol. The highest BCUT2D eigenvalue weighted by Crippen LogP contribution is 2.54. The molecule has 0 bridgehead atoms. The molecule has 3 atom stereocenters. The summed E-state index contributed by atoms with van der Waals surface area (Å²) in [6.07, 6.45) is 5.44. The van der Waals surface area contributed by atoms with Gasteiger partial charge in [0, 0.05) is 5.92 Å². The number of fused-ring (bicyclic) bond motifs is 1. The van der Waals surface area contributed by atoms with Gasteiger partial charge in [0.1, 0.15) is 0 Å². The van der Waals surface area contributed by atoms with Crippen LogP contribution in [0.1, 0.15) is 45.4 Å². The van der Waals surface area contributed by atoms with E-state index in [9.17, 15) is 10.4 Å². The van der Waals surface area contributed by atoms with Crippen molar-refractivity contribution in [3.8, 4) is 6.07 Å². The number of hydrogen-bond acceptors (Lipinski definition) is 2. The predicted octanol–water partition coefficient (Wildman–Crippen LogP) is 2.79. The zero-order valence-corrected chi connectivity index (χ0v) is 9.42. The lowest BCUT2D eigenvalue weighted by atomic mass is 9.54. The van der Waals surface area contributed by atoms with E-state index in [0.717, 1.165) is 38.5 Å². The van der Waals surface area contributed by atoms with Crippen molar-refractivity contribution >= 4 is 0 Å². The highest BCUT2D eigenvalue weighted by atomic mass is 16.3. The van der Waals surface area contributed by atoms with Gasteiger partial charge < -0.3 is 5.11 Å². The predicted molar refractivity (Wildman–Crippen MR) is 59.0 cm³/mol. The highest BCUT2D eigenvalue weighted by Gasteiger charge is 2.52. The molecule has 0 radical (unpaired) electrons. The number of aliphatic hydroxyl groups is 1. The van der Waals surface area contributed by atoms with Crippen molar-refractivity contribution in [1.29, 1.82) is 5.26 Å². The molecule has 0 aromatic heterocycles. The number of hydrogen-bond donors (Lipinski definition) is 1. The van der Waals surface area contributed by atoms with Gasteiger partial charge in [0.05, 0.1) is 17.1 Å². The molecule has 2 aliphatic carbocycles. The topological polar surface area (TPSA) is 44.0 Å². The summed E-state index contributed by atoms with van der Waals surface area (Å²) in [5.41, 5.74) is 0.219. The van der Waals surface area contributed by atoms with Crippen molar-refractivity contribution in [3.05, 3.63) is 12.2 Å². The zero-order valence-electron chi connectivity index (χ0n) is 9.42. The molecule has 2 heteroatoms. The van der Waals surface area contributed by atoms with Gasteiger partial charge >= 0.3 is 0 Å². The second-order valence-corrected chi connectivity index (χ2v) is 5.50. The Bertz CT molecular complexity index is 326. The molecule has 0 aromatic rings. The van der Waals surface area contributed by atoms with E-state index >= 15 is 0 Å². The van der Waals surface area contributed by atoms with Gasteiger partial charge in [-0.1, -0.05) is 12.2 Å². The second-order valence-electron chi connectivity index (χ2n) is 5.50. The molecule has 0 spiro atoms. The lowest BCUT2D eigenvalue weighted by Crippen LogP contribution is -2.50. The molecule has 1 N–H and O–H groups in total. The lowest BCUT2D eigenvalue weighted by Gasteiger charge is -2.50. The third kappa shape index (κ3) is 1.59. The van der Waals surface area contributed by atoms with E-state index in [4.69, 9.17) is 0 Å². The molecule has 0 saturated heterocycles. The van der Waals surface area contributed by atoms with Crippen molar-refractivity contribution in [1.82, 2.24) is 0 Å². The van der Waals surface area contributed by atoms with Crippen LogP contribution in [0.15, 0.2) is 12.2 Å². The van der Waals surface area contributed by atoms with Gasteiger partial charge in [-0.25, -0.2) is 0 Å². The normalized spacial score (nSPS) is 45.7. The van der Waals surface area contributed by atoms with Crippen LogP contribution in [0.5, 0.6) is 0 Å². The summed E-state index contributed by atoms with van der Waals surface area (Å²) in [4.78, 5) is 0. The van der Waals surface area contributed by atoms with Crippen LogP contribution in [0.25, 0.3) is 0 Å². The van der Waals surface area contributed by atoms with Crippen LogP contribution in [0.4, 0.5) is 0 Å². The van der Waals surface area contributed by atoms with E-state index in [-0.39, 0.29) is 11.3 Å². The summed E-state index contributed by atoms with van der Waals surface area (Å²) in [5.74, 6) is 0.147. The van der Waals surface area contributed by atoms with E-state index in [1.54, 1.807) is 0 Å². The van der Waals surface area contributed by atoms with E-state index in [0.29, 0.717) is 0 Å². The Morgan fingerprint density at radius 1 is 1.53 bits per heavy atom. The van der Waals surface area contributed by atoms with Crippen molar-refractivity contribution < 1.29 is 5.11 Å². The minimum absolute atomic E-state index is 0.147. The summed E-state index contributed by atoms with van der Waals surface area (Å²) in [6.45, 7) is 5.91. The number of rotatable bonds is 0. The molecular formula is C13H19NO. The van der Waals surface area contributed by atoms with Gasteiger partial charge in [0.2, 0.25) is 0 Å². The molecule has 2 nitrogen and oxygen atoms in total. The Kier molecular flexibility index (Phi) is 2.39. The molecule has 15 heavy (non-hydrogen) atoms. The van der Waals surface area contributed by atoms with Crippen molar-refractivity contribution in [3.63, 3.8) is 0 Å². The largest absolute Gasteiger partial charge is 0.390 e. The first-order valence-corrected chi connectivity index (χ1v) is 5.80. The van der Waals surface area contributed by atoms with Gasteiger partial charge in [-0.05, 0) is 45.4 Å². The third-order valence-electron chi connectivity index (χ3n) is 4.30. The minimum atomic E-state index is -0.644. The first-order valence-electron chi connectivity index (χ1n) is 5.80. The summed E-state index contributed by atoms with van der Waals surface area (Å²) in [6, 6.07) is 2.48. The van der Waals surface area contributed by atoms with Gasteiger partial charge in [-0.3, -0.25) is 0 Å². The maximum absolute atomic E-state index is 10.4. The molecule has 2 rings (SSSR count). The summed E-state index contributed by atoms with van der Waals surface area (Å²) in [5, 5.41) is 19.8. The summed E-state index contributed by atoms with van der Waals surface area (Å²) in [7, 11) is 0. The molecule has 0 aromatic carbocycles. The van der Waals surface area contributed by atoms with E-state index in [2.05, 4.69) is 12.6 Å². The smallest absolute Gasteiger partial charge is 0.0697 e. The standard InChI is InChI=1S/C13H19NO/c1-10-4-5-11-12(2,15)6-3-7-13(11,8-10)9-14/h11,15H,1,3-8H2,2H3/t11?,12-,13-/m0/s1. The SMILES string of the molecule is C=C1CCC2[C@@](C#N)(CCC[C@]2(C)O)C1. The van der Waals surface area contributed by atoms with Gasteiger partial charge in [-0.2, -0.15) is 5.26 Å². The van der Waals surface area contributed by atoms with E-state index in [1.807, 2.05) is 6.92 Å². The quantitative estimate of drug-likeness (QED) is 0.618. The monoisotopic (exact) mass is 205 g/mol. The molecule has 82 valence electrons. The van der Waals surface area contributed by atoms with Gasteiger partial charge in [0.15, 0.2) is 0 Å². The maximum Gasteiger partial charge on any atom is 0.0697 e. The first-order chi connectivity index (χ1) is 7.00. The Balaban J connectivity index is 2.35. The second kappa shape index (κ2) is 3.35. The molecule has 2 fully saturated rings. The average Bonchev–Trinajstić information content (AvgIpc) is 2.16. The van der Waals surface area contributed by atoms with Crippen molar-refractivity contribution in [2.24, 2.45) is 11.3 Å². The third-order valence-corrected chi connectivity index (χ3v) is 4.30. The van der Waals surface area contributed by atoms with Crippen LogP contribution >= 0.6 is 0 Å². The van der Waals surface area contributed by atoms with Crippen LogP contribution in [-0.2, 0) is 0 Å². The Labute approximate surface area is 91.6 Å². The zero-order chi connectivity index (χ0) is 11.1. The van der Waals surface area contributed by atoms with Crippen LogP contribution in [-0.4, -0.2) is 10.7 Å². The highest BCUT2D eigenvalue weighted by molar-refractivity contribution is 5.19. The van der Waals surface area contributed by atoms with Crippen LogP contribution in [0.2, 0.25) is 0 Å². The van der Waals surface area contributed by atoms with Crippen molar-refractivity contribution in [2.75, 3.05) is 0 Å². The molecule has 2 aliphatic rings.